The Hall–Kier alpha value is -2.15. The molecule has 0 saturated heterocycles. The largest absolute Gasteiger partial charge is 0.445 e. The summed E-state index contributed by atoms with van der Waals surface area (Å²) in [5.74, 6) is -0.590. The van der Waals surface area contributed by atoms with Gasteiger partial charge in [-0.1, -0.05) is 30.0 Å². The molecule has 0 fully saturated rings. The van der Waals surface area contributed by atoms with Crippen LogP contribution in [0.25, 0.3) is 0 Å². The predicted octanol–water partition coefficient (Wildman–Crippen LogP) is 1.73. The molecule has 4 N–H and O–H groups in total. The van der Waals surface area contributed by atoms with E-state index in [-0.39, 0.29) is 27.4 Å². The number of nitrogens with two attached hydrogens (primary N) is 1. The lowest BCUT2D eigenvalue weighted by molar-refractivity contribution is -0.138. The SMILES string of the molecule is CC[C@H](Sc1nc(N)cc(=O)[nH]1)C(=O)Nc1nnc(C(F)(F)F)s1. The van der Waals surface area contributed by atoms with Gasteiger partial charge in [0.1, 0.15) is 5.82 Å². The van der Waals surface area contributed by atoms with E-state index in [1.807, 2.05) is 0 Å². The number of thioether (sulfide) groups is 1. The van der Waals surface area contributed by atoms with E-state index in [2.05, 4.69) is 25.5 Å². The van der Waals surface area contributed by atoms with Crippen LogP contribution in [0.15, 0.2) is 16.0 Å². The first-order valence-corrected chi connectivity index (χ1v) is 8.13. The molecule has 130 valence electrons. The van der Waals surface area contributed by atoms with Gasteiger partial charge in [0.15, 0.2) is 5.16 Å². The van der Waals surface area contributed by atoms with Gasteiger partial charge in [-0.05, 0) is 6.42 Å². The van der Waals surface area contributed by atoms with Gasteiger partial charge >= 0.3 is 6.18 Å². The highest BCUT2D eigenvalue weighted by Crippen LogP contribution is 2.33. The number of aromatic nitrogens is 4. The molecule has 2 rings (SSSR count). The highest BCUT2D eigenvalue weighted by molar-refractivity contribution is 8.00. The Morgan fingerprint density at radius 2 is 2.21 bits per heavy atom. The first kappa shape index (κ1) is 18.2. The topological polar surface area (TPSA) is 127 Å². The molecule has 1 atom stereocenters. The third-order valence-corrected chi connectivity index (χ3v) is 4.69. The fourth-order valence-electron chi connectivity index (χ4n) is 1.54. The highest BCUT2D eigenvalue weighted by atomic mass is 32.2. The van der Waals surface area contributed by atoms with Gasteiger partial charge in [-0.3, -0.25) is 14.9 Å². The molecular weight excluding hydrogens is 369 g/mol. The number of rotatable bonds is 5. The second-order valence-electron chi connectivity index (χ2n) is 4.39. The molecule has 0 aromatic carbocycles. The Bertz CT molecular complexity index is 791. The lowest BCUT2D eigenvalue weighted by Crippen LogP contribution is -2.25. The normalized spacial score (nSPS) is 12.8. The van der Waals surface area contributed by atoms with Gasteiger partial charge in [0.2, 0.25) is 16.0 Å². The van der Waals surface area contributed by atoms with Crippen LogP contribution in [0.3, 0.4) is 0 Å². The van der Waals surface area contributed by atoms with Crippen LogP contribution in [0.4, 0.5) is 24.1 Å². The average molecular weight is 380 g/mol. The van der Waals surface area contributed by atoms with Gasteiger partial charge in [-0.15, -0.1) is 10.2 Å². The Kier molecular flexibility index (Phi) is 5.43. The zero-order chi connectivity index (χ0) is 17.9. The molecule has 0 spiro atoms. The van der Waals surface area contributed by atoms with Crippen molar-refractivity contribution >= 4 is 40.0 Å². The molecule has 0 aliphatic rings. The molecule has 1 amide bonds. The van der Waals surface area contributed by atoms with Crippen molar-refractivity contribution in [3.05, 3.63) is 21.4 Å². The van der Waals surface area contributed by atoms with E-state index >= 15 is 0 Å². The maximum absolute atomic E-state index is 12.5. The van der Waals surface area contributed by atoms with Crippen molar-refractivity contribution in [3.63, 3.8) is 0 Å². The second kappa shape index (κ2) is 7.17. The van der Waals surface area contributed by atoms with Crippen LogP contribution in [0.2, 0.25) is 0 Å². The summed E-state index contributed by atoms with van der Waals surface area (Å²) in [5, 5.41) is 6.54. The number of halogens is 3. The lowest BCUT2D eigenvalue weighted by atomic mass is 10.3. The molecule has 0 radical (unpaired) electrons. The number of nitrogens with zero attached hydrogens (tertiary/aromatic N) is 3. The van der Waals surface area contributed by atoms with Crippen molar-refractivity contribution in [2.24, 2.45) is 0 Å². The zero-order valence-corrected chi connectivity index (χ0v) is 13.7. The van der Waals surface area contributed by atoms with E-state index in [1.54, 1.807) is 6.92 Å². The molecule has 0 unspecified atom stereocenters. The molecule has 0 bridgehead atoms. The van der Waals surface area contributed by atoms with Crippen molar-refractivity contribution in [2.45, 2.75) is 29.9 Å². The minimum Gasteiger partial charge on any atom is -0.383 e. The van der Waals surface area contributed by atoms with Crippen LogP contribution < -0.4 is 16.6 Å². The van der Waals surface area contributed by atoms with Gasteiger partial charge in [0.05, 0.1) is 5.25 Å². The summed E-state index contributed by atoms with van der Waals surface area (Å²) in [6.07, 6.45) is -4.29. The van der Waals surface area contributed by atoms with E-state index < -0.39 is 27.9 Å². The van der Waals surface area contributed by atoms with Crippen molar-refractivity contribution in [3.8, 4) is 0 Å². The average Bonchev–Trinajstić information content (AvgIpc) is 2.92. The number of carbonyl (C=O) groups is 1. The number of hydrogen-bond donors (Lipinski definition) is 3. The van der Waals surface area contributed by atoms with Gasteiger partial charge in [0, 0.05) is 6.07 Å². The fraction of sp³-hybridized carbons (Fsp3) is 0.364. The van der Waals surface area contributed by atoms with Crippen LogP contribution in [0.5, 0.6) is 0 Å². The quantitative estimate of drug-likeness (QED) is 0.532. The maximum Gasteiger partial charge on any atom is 0.445 e. The number of nitrogen functional groups attached to an aromatic ring is 1. The van der Waals surface area contributed by atoms with E-state index in [4.69, 9.17) is 5.73 Å². The number of aromatic amines is 1. The number of nitrogens with one attached hydrogen (secondary N) is 2. The second-order valence-corrected chi connectivity index (χ2v) is 6.56. The third-order valence-electron chi connectivity index (χ3n) is 2.55. The summed E-state index contributed by atoms with van der Waals surface area (Å²) < 4.78 is 37.4. The Morgan fingerprint density at radius 3 is 2.75 bits per heavy atom. The van der Waals surface area contributed by atoms with Gasteiger partial charge < -0.3 is 10.7 Å². The maximum atomic E-state index is 12.5. The van der Waals surface area contributed by atoms with Crippen LogP contribution in [-0.4, -0.2) is 31.3 Å². The summed E-state index contributed by atoms with van der Waals surface area (Å²) >= 11 is 1.16. The first-order valence-electron chi connectivity index (χ1n) is 6.44. The zero-order valence-electron chi connectivity index (χ0n) is 12.0. The number of alkyl halides is 3. The van der Waals surface area contributed by atoms with Crippen LogP contribution in [0.1, 0.15) is 18.4 Å². The molecule has 0 saturated carbocycles. The molecule has 2 aromatic heterocycles. The molecule has 8 nitrogen and oxygen atoms in total. The number of hydrogen-bond acceptors (Lipinski definition) is 8. The van der Waals surface area contributed by atoms with Crippen molar-refractivity contribution < 1.29 is 18.0 Å². The molecule has 0 aliphatic heterocycles. The molecule has 2 heterocycles. The molecular formula is C11H11F3N6O2S2. The number of H-pyrrole nitrogens is 1. The van der Waals surface area contributed by atoms with Crippen molar-refractivity contribution in [2.75, 3.05) is 11.1 Å². The smallest absolute Gasteiger partial charge is 0.383 e. The summed E-state index contributed by atoms with van der Waals surface area (Å²) in [7, 11) is 0. The minimum absolute atomic E-state index is 0.00421. The molecule has 2 aromatic rings. The van der Waals surface area contributed by atoms with E-state index in [9.17, 15) is 22.8 Å². The summed E-state index contributed by atoms with van der Waals surface area (Å²) in [6, 6.07) is 1.09. The third kappa shape index (κ3) is 4.67. The molecule has 13 heteroatoms. The summed E-state index contributed by atoms with van der Waals surface area (Å²) in [5.41, 5.74) is 4.98. The Morgan fingerprint density at radius 1 is 1.50 bits per heavy atom. The first-order chi connectivity index (χ1) is 11.2. The van der Waals surface area contributed by atoms with Gasteiger partial charge in [0.25, 0.3) is 5.56 Å². The number of carbonyl (C=O) groups excluding carboxylic acids is 1. The minimum atomic E-state index is -4.62. The Balaban J connectivity index is 2.08. The van der Waals surface area contributed by atoms with Crippen molar-refractivity contribution in [1.29, 1.82) is 0 Å². The summed E-state index contributed by atoms with van der Waals surface area (Å²) in [4.78, 5) is 29.8. The number of anilines is 2. The standard InChI is InChI=1S/C11H11F3N6O2S2/c1-2-4(23-9-16-5(15)3-6(21)17-9)7(22)18-10-20-19-8(24-10)11(12,13)14/h3-4H,2H2,1H3,(H,18,20,22)(H3,15,16,17,21)/t4-/m0/s1. The molecule has 24 heavy (non-hydrogen) atoms. The monoisotopic (exact) mass is 380 g/mol. The van der Waals surface area contributed by atoms with Crippen LogP contribution >= 0.6 is 23.1 Å². The number of amides is 1. The summed E-state index contributed by atoms with van der Waals surface area (Å²) in [6.45, 7) is 1.70. The van der Waals surface area contributed by atoms with Gasteiger partial charge in [-0.25, -0.2) is 4.98 Å². The molecule has 0 aliphatic carbocycles. The van der Waals surface area contributed by atoms with Crippen LogP contribution in [0, 0.1) is 0 Å². The predicted molar refractivity (Wildman–Crippen MR) is 82.7 cm³/mol. The van der Waals surface area contributed by atoms with Crippen LogP contribution in [-0.2, 0) is 11.0 Å². The lowest BCUT2D eigenvalue weighted by Gasteiger charge is -2.12. The van der Waals surface area contributed by atoms with E-state index in [0.717, 1.165) is 17.8 Å². The van der Waals surface area contributed by atoms with Gasteiger partial charge in [-0.2, -0.15) is 13.2 Å². The van der Waals surface area contributed by atoms with Crippen molar-refractivity contribution in [1.82, 2.24) is 20.2 Å². The van der Waals surface area contributed by atoms with E-state index in [1.165, 1.54) is 0 Å². The fourth-order valence-corrected chi connectivity index (χ4v) is 3.07. The Labute approximate surface area is 141 Å². The highest BCUT2D eigenvalue weighted by Gasteiger charge is 2.36. The van der Waals surface area contributed by atoms with E-state index in [0.29, 0.717) is 6.42 Å².